The number of aryl methyl sites for hydroxylation is 2. The van der Waals surface area contributed by atoms with Gasteiger partial charge < -0.3 is 0 Å². The number of hydrogen-bond acceptors (Lipinski definition) is 5. The number of carbonyl (C=O) groups is 1. The van der Waals surface area contributed by atoms with Gasteiger partial charge >= 0.3 is 0 Å². The van der Waals surface area contributed by atoms with Gasteiger partial charge in [-0.15, -0.1) is 10.2 Å². The summed E-state index contributed by atoms with van der Waals surface area (Å²) in [4.78, 5) is 17.8. The van der Waals surface area contributed by atoms with Crippen molar-refractivity contribution in [3.63, 3.8) is 0 Å². The van der Waals surface area contributed by atoms with E-state index in [9.17, 15) is 4.79 Å². The minimum Gasteiger partial charge on any atom is -0.299 e. The highest BCUT2D eigenvalue weighted by atomic mass is 32.2. The van der Waals surface area contributed by atoms with Gasteiger partial charge in [0.2, 0.25) is 0 Å². The Hall–Kier alpha value is -3.25. The molecule has 6 heteroatoms. The average molecular weight is 441 g/mol. The largest absolute Gasteiger partial charge is 0.299 e. The maximum Gasteiger partial charge on any atom is 0.192 e. The van der Waals surface area contributed by atoms with Gasteiger partial charge in [0, 0.05) is 29.6 Å². The molecule has 0 aliphatic heterocycles. The molecule has 160 valence electrons. The van der Waals surface area contributed by atoms with E-state index >= 15 is 0 Å². The van der Waals surface area contributed by atoms with Crippen molar-refractivity contribution in [2.24, 2.45) is 0 Å². The zero-order valence-electron chi connectivity index (χ0n) is 18.1. The van der Waals surface area contributed by atoms with Crippen LogP contribution in [0.2, 0.25) is 0 Å². The molecule has 5 nitrogen and oxygen atoms in total. The molecule has 1 aliphatic carbocycles. The Kier molecular flexibility index (Phi) is 5.62. The Morgan fingerprint density at radius 3 is 2.16 bits per heavy atom. The minimum absolute atomic E-state index is 0.0784. The molecule has 1 aliphatic rings. The first kappa shape index (κ1) is 20.6. The van der Waals surface area contributed by atoms with E-state index < -0.39 is 5.25 Å². The van der Waals surface area contributed by atoms with Crippen LogP contribution in [0, 0.1) is 13.8 Å². The highest BCUT2D eigenvalue weighted by molar-refractivity contribution is 8.00. The zero-order valence-corrected chi connectivity index (χ0v) is 18.9. The summed E-state index contributed by atoms with van der Waals surface area (Å²) < 4.78 is 2.20. The molecule has 2 heterocycles. The van der Waals surface area contributed by atoms with Gasteiger partial charge in [-0.3, -0.25) is 14.3 Å². The molecule has 2 aromatic carbocycles. The van der Waals surface area contributed by atoms with Crippen molar-refractivity contribution in [3.8, 4) is 11.4 Å². The average Bonchev–Trinajstić information content (AvgIpc) is 3.58. The smallest absolute Gasteiger partial charge is 0.192 e. The van der Waals surface area contributed by atoms with Crippen molar-refractivity contribution >= 4 is 17.5 Å². The minimum atomic E-state index is -0.398. The SMILES string of the molecule is Cc1ccc(C(=O)[C@H](Sc2nnc(-c3ccncc3)n2C2CC2)c2ccc(C)cc2)cc1. The molecule has 2 aromatic heterocycles. The molecule has 0 saturated heterocycles. The Labute approximate surface area is 191 Å². The Balaban J connectivity index is 1.54. The van der Waals surface area contributed by atoms with Gasteiger partial charge in [0.1, 0.15) is 5.25 Å². The summed E-state index contributed by atoms with van der Waals surface area (Å²) in [5.41, 5.74) is 4.98. The molecule has 0 N–H and O–H groups in total. The van der Waals surface area contributed by atoms with Crippen molar-refractivity contribution in [3.05, 3.63) is 95.3 Å². The van der Waals surface area contributed by atoms with Gasteiger partial charge in [0.05, 0.1) is 0 Å². The van der Waals surface area contributed by atoms with Crippen molar-refractivity contribution in [2.45, 2.75) is 43.1 Å². The van der Waals surface area contributed by atoms with Gasteiger partial charge in [-0.1, -0.05) is 71.4 Å². The maximum atomic E-state index is 13.6. The third-order valence-corrected chi connectivity index (χ3v) is 6.90. The third-order valence-electron chi connectivity index (χ3n) is 5.69. The third kappa shape index (κ3) is 4.23. The number of ketones is 1. The Morgan fingerprint density at radius 2 is 1.53 bits per heavy atom. The first-order valence-corrected chi connectivity index (χ1v) is 11.7. The first-order valence-electron chi connectivity index (χ1n) is 10.8. The van der Waals surface area contributed by atoms with Crippen LogP contribution in [0.4, 0.5) is 0 Å². The lowest BCUT2D eigenvalue weighted by atomic mass is 10.0. The molecule has 1 saturated carbocycles. The molecule has 0 spiro atoms. The van der Waals surface area contributed by atoms with Crippen molar-refractivity contribution in [1.82, 2.24) is 19.7 Å². The number of benzene rings is 2. The van der Waals surface area contributed by atoms with E-state index in [1.807, 2.05) is 55.5 Å². The number of pyridine rings is 1. The van der Waals surface area contributed by atoms with E-state index in [4.69, 9.17) is 0 Å². The predicted molar refractivity (Wildman–Crippen MR) is 127 cm³/mol. The van der Waals surface area contributed by atoms with Crippen LogP contribution in [-0.4, -0.2) is 25.5 Å². The first-order chi connectivity index (χ1) is 15.6. The fourth-order valence-electron chi connectivity index (χ4n) is 3.71. The van der Waals surface area contributed by atoms with Gasteiger partial charge in [-0.2, -0.15) is 0 Å². The number of thioether (sulfide) groups is 1. The standard InChI is InChI=1S/C26H24N4OS/c1-17-3-7-19(8-4-17)23(31)24(20-9-5-18(2)6-10-20)32-26-29-28-25(30(26)22-11-12-22)21-13-15-27-16-14-21/h3-10,13-16,22,24H,11-12H2,1-2H3/t24-/m1/s1. The summed E-state index contributed by atoms with van der Waals surface area (Å²) in [6, 6.07) is 20.3. The number of nitrogens with zero attached hydrogens (tertiary/aromatic N) is 4. The summed E-state index contributed by atoms with van der Waals surface area (Å²) in [7, 11) is 0. The van der Waals surface area contributed by atoms with E-state index in [1.165, 1.54) is 17.3 Å². The normalized spacial score (nSPS) is 14.3. The van der Waals surface area contributed by atoms with E-state index in [0.717, 1.165) is 40.5 Å². The van der Waals surface area contributed by atoms with Gasteiger partial charge in [0.25, 0.3) is 0 Å². The Bertz CT molecular complexity index is 1230. The van der Waals surface area contributed by atoms with Crippen molar-refractivity contribution in [2.75, 3.05) is 0 Å². The van der Waals surface area contributed by atoms with Crippen LogP contribution < -0.4 is 0 Å². The molecule has 4 aromatic rings. The molecule has 1 atom stereocenters. The zero-order chi connectivity index (χ0) is 22.1. The molecular weight excluding hydrogens is 416 g/mol. The second-order valence-electron chi connectivity index (χ2n) is 8.28. The number of aromatic nitrogens is 4. The fraction of sp³-hybridized carbons (Fsp3) is 0.231. The van der Waals surface area contributed by atoms with Gasteiger partial charge in [-0.25, -0.2) is 0 Å². The number of hydrogen-bond donors (Lipinski definition) is 0. The molecule has 0 amide bonds. The van der Waals surface area contributed by atoms with Crippen LogP contribution in [0.5, 0.6) is 0 Å². The monoisotopic (exact) mass is 440 g/mol. The highest BCUT2D eigenvalue weighted by Gasteiger charge is 2.33. The summed E-state index contributed by atoms with van der Waals surface area (Å²) in [6.07, 6.45) is 5.74. The van der Waals surface area contributed by atoms with Crippen LogP contribution in [0.3, 0.4) is 0 Å². The second-order valence-corrected chi connectivity index (χ2v) is 9.35. The molecule has 5 rings (SSSR count). The van der Waals surface area contributed by atoms with Crippen LogP contribution >= 0.6 is 11.8 Å². The van der Waals surface area contributed by atoms with Crippen LogP contribution in [0.25, 0.3) is 11.4 Å². The summed E-state index contributed by atoms with van der Waals surface area (Å²) >= 11 is 1.49. The maximum absolute atomic E-state index is 13.6. The number of carbonyl (C=O) groups excluding carboxylic acids is 1. The van der Waals surface area contributed by atoms with E-state index in [0.29, 0.717) is 11.6 Å². The molecule has 32 heavy (non-hydrogen) atoms. The van der Waals surface area contributed by atoms with Gasteiger partial charge in [0.15, 0.2) is 16.8 Å². The number of rotatable bonds is 7. The van der Waals surface area contributed by atoms with E-state index in [1.54, 1.807) is 12.4 Å². The molecule has 0 bridgehead atoms. The topological polar surface area (TPSA) is 60.7 Å². The Morgan fingerprint density at radius 1 is 0.906 bits per heavy atom. The van der Waals surface area contributed by atoms with Crippen molar-refractivity contribution in [1.29, 1.82) is 0 Å². The van der Waals surface area contributed by atoms with E-state index in [-0.39, 0.29) is 5.78 Å². The van der Waals surface area contributed by atoms with Crippen LogP contribution in [0.15, 0.2) is 78.2 Å². The summed E-state index contributed by atoms with van der Waals surface area (Å²) in [6.45, 7) is 4.08. The highest BCUT2D eigenvalue weighted by Crippen LogP contribution is 2.44. The fourth-order valence-corrected chi connectivity index (χ4v) is 4.89. The predicted octanol–water partition coefficient (Wildman–Crippen LogP) is 6.01. The van der Waals surface area contributed by atoms with Crippen LogP contribution in [0.1, 0.15) is 51.2 Å². The molecule has 1 fully saturated rings. The quantitative estimate of drug-likeness (QED) is 0.260. The lowest BCUT2D eigenvalue weighted by Crippen LogP contribution is -2.11. The summed E-state index contributed by atoms with van der Waals surface area (Å²) in [5.74, 6) is 0.914. The van der Waals surface area contributed by atoms with E-state index in [2.05, 4.69) is 38.8 Å². The van der Waals surface area contributed by atoms with Crippen LogP contribution in [-0.2, 0) is 0 Å². The number of Topliss-reactive ketones (excluding diaryl/α,β-unsaturated/α-hetero) is 1. The van der Waals surface area contributed by atoms with Gasteiger partial charge in [-0.05, 0) is 44.4 Å². The lowest BCUT2D eigenvalue weighted by molar-refractivity contribution is 0.0989. The van der Waals surface area contributed by atoms with Crippen molar-refractivity contribution < 1.29 is 4.79 Å². The summed E-state index contributed by atoms with van der Waals surface area (Å²) in [5, 5.41) is 9.42. The second kappa shape index (κ2) is 8.71. The molecule has 0 radical (unpaired) electrons. The molecule has 0 unspecified atom stereocenters. The lowest BCUT2D eigenvalue weighted by Gasteiger charge is -2.17. The molecular formula is C26H24N4OS.